The van der Waals surface area contributed by atoms with Gasteiger partial charge in [-0.2, -0.15) is 0 Å². The lowest BCUT2D eigenvalue weighted by Gasteiger charge is -2.17. The van der Waals surface area contributed by atoms with Crippen LogP contribution in [0, 0.1) is 18.6 Å². The molecular formula is C29H31F2NS. The van der Waals surface area contributed by atoms with Gasteiger partial charge < -0.3 is 0 Å². The molecule has 0 aromatic heterocycles. The molecule has 0 radical (unpaired) electrons. The van der Waals surface area contributed by atoms with Crippen LogP contribution >= 0.6 is 11.8 Å². The fourth-order valence-corrected chi connectivity index (χ4v) is 4.59. The Labute approximate surface area is 200 Å². The molecule has 3 rings (SSSR count). The van der Waals surface area contributed by atoms with Gasteiger partial charge in [0.25, 0.3) is 0 Å². The van der Waals surface area contributed by atoms with Gasteiger partial charge in [-0.1, -0.05) is 54.8 Å². The molecule has 0 atom stereocenters. The summed E-state index contributed by atoms with van der Waals surface area (Å²) in [6.45, 7) is 6.26. The monoisotopic (exact) mass is 463 g/mol. The fraction of sp³-hybridized carbons (Fsp3) is 0.276. The number of thioether (sulfide) groups is 1. The first kappa shape index (κ1) is 24.9. The lowest BCUT2D eigenvalue weighted by molar-refractivity contribution is 0.600. The van der Waals surface area contributed by atoms with Crippen LogP contribution < -0.4 is 0 Å². The molecule has 0 aliphatic carbocycles. The third kappa shape index (κ3) is 6.00. The van der Waals surface area contributed by atoms with E-state index >= 15 is 0 Å². The van der Waals surface area contributed by atoms with Crippen LogP contribution in [0.1, 0.15) is 43.4 Å². The van der Waals surface area contributed by atoms with Crippen molar-refractivity contribution in [2.24, 2.45) is 4.99 Å². The molecule has 3 aromatic carbocycles. The van der Waals surface area contributed by atoms with Crippen molar-refractivity contribution in [2.45, 2.75) is 44.9 Å². The molecule has 1 nitrogen and oxygen atoms in total. The summed E-state index contributed by atoms with van der Waals surface area (Å²) < 4.78 is 29.3. The van der Waals surface area contributed by atoms with Gasteiger partial charge >= 0.3 is 0 Å². The molecule has 0 N–H and O–H groups in total. The van der Waals surface area contributed by atoms with Crippen molar-refractivity contribution in [3.05, 3.63) is 100 Å². The first-order valence-electron chi connectivity index (χ1n) is 11.2. The Morgan fingerprint density at radius 1 is 0.970 bits per heavy atom. The first-order chi connectivity index (χ1) is 15.9. The molecule has 0 heterocycles. The first-order valence-corrected chi connectivity index (χ1v) is 12.5. The molecule has 0 aliphatic rings. The number of hydrogen-bond acceptors (Lipinski definition) is 2. The summed E-state index contributed by atoms with van der Waals surface area (Å²) in [7, 11) is 1.77. The quantitative estimate of drug-likeness (QED) is 0.241. The van der Waals surface area contributed by atoms with Crippen molar-refractivity contribution in [1.82, 2.24) is 0 Å². The second kappa shape index (κ2) is 11.4. The van der Waals surface area contributed by atoms with Crippen LogP contribution in [0.4, 0.5) is 8.78 Å². The van der Waals surface area contributed by atoms with E-state index in [0.717, 1.165) is 46.4 Å². The molecule has 4 heteroatoms. The van der Waals surface area contributed by atoms with Gasteiger partial charge in [-0.15, -0.1) is 11.8 Å². The predicted molar refractivity (Wildman–Crippen MR) is 139 cm³/mol. The number of halogens is 2. The van der Waals surface area contributed by atoms with Gasteiger partial charge in [-0.05, 0) is 80.0 Å². The smallest absolute Gasteiger partial charge is 0.137 e. The van der Waals surface area contributed by atoms with Gasteiger partial charge in [0.2, 0.25) is 0 Å². The highest BCUT2D eigenvalue weighted by Gasteiger charge is 2.17. The van der Waals surface area contributed by atoms with Crippen molar-refractivity contribution < 1.29 is 8.78 Å². The summed E-state index contributed by atoms with van der Waals surface area (Å²) in [6.07, 6.45) is 4.37. The van der Waals surface area contributed by atoms with E-state index in [1.54, 1.807) is 19.2 Å². The highest BCUT2D eigenvalue weighted by atomic mass is 32.2. The Kier molecular flexibility index (Phi) is 8.62. The molecule has 0 amide bonds. The van der Waals surface area contributed by atoms with Gasteiger partial charge in [-0.3, -0.25) is 4.99 Å². The van der Waals surface area contributed by atoms with Gasteiger partial charge in [-0.25, -0.2) is 8.78 Å². The average Bonchev–Trinajstić information content (AvgIpc) is 2.80. The minimum Gasteiger partial charge on any atom is -0.288 e. The summed E-state index contributed by atoms with van der Waals surface area (Å²) >= 11 is 1.40. The maximum absolute atomic E-state index is 14.8. The Bertz CT molecular complexity index is 1190. The summed E-state index contributed by atoms with van der Waals surface area (Å²) in [6, 6.07) is 18.4. The minimum absolute atomic E-state index is 0.203. The topological polar surface area (TPSA) is 12.4 Å². The summed E-state index contributed by atoms with van der Waals surface area (Å²) in [5, 5.41) is 0. The highest BCUT2D eigenvalue weighted by Crippen LogP contribution is 2.29. The van der Waals surface area contributed by atoms with E-state index in [0.29, 0.717) is 16.9 Å². The van der Waals surface area contributed by atoms with E-state index in [-0.39, 0.29) is 11.6 Å². The van der Waals surface area contributed by atoms with Gasteiger partial charge in [0.1, 0.15) is 11.6 Å². The molecule has 0 fully saturated rings. The zero-order valence-electron chi connectivity index (χ0n) is 20.0. The zero-order chi connectivity index (χ0) is 24.0. The zero-order valence-corrected chi connectivity index (χ0v) is 20.8. The lowest BCUT2D eigenvalue weighted by Crippen LogP contribution is -2.11. The molecule has 33 heavy (non-hydrogen) atoms. The Hall–Kier alpha value is -2.72. The number of nitrogens with zero attached hydrogens (tertiary/aromatic N) is 1. The molecule has 0 unspecified atom stereocenters. The van der Waals surface area contributed by atoms with Gasteiger partial charge in [0.05, 0.1) is 5.71 Å². The maximum Gasteiger partial charge on any atom is 0.137 e. The molecule has 3 aromatic rings. The van der Waals surface area contributed by atoms with Crippen LogP contribution in [0.3, 0.4) is 0 Å². The van der Waals surface area contributed by atoms with E-state index in [1.807, 2.05) is 55.6 Å². The number of hydrogen-bond donors (Lipinski definition) is 0. The number of aliphatic imine (C=N–C) groups is 1. The van der Waals surface area contributed by atoms with E-state index in [9.17, 15) is 8.78 Å². The van der Waals surface area contributed by atoms with E-state index in [2.05, 4.69) is 18.8 Å². The molecular weight excluding hydrogens is 432 g/mol. The van der Waals surface area contributed by atoms with Crippen LogP contribution in [0.25, 0.3) is 11.1 Å². The maximum atomic E-state index is 14.8. The van der Waals surface area contributed by atoms with E-state index in [4.69, 9.17) is 0 Å². The summed E-state index contributed by atoms with van der Waals surface area (Å²) in [4.78, 5) is 5.27. The number of allylic oxidation sites excluding steroid dienone is 2. The second-order valence-electron chi connectivity index (χ2n) is 8.29. The third-order valence-electron chi connectivity index (χ3n) is 5.82. The van der Waals surface area contributed by atoms with E-state index in [1.165, 1.54) is 23.4 Å². The Balaban J connectivity index is 2.07. The van der Waals surface area contributed by atoms with Crippen molar-refractivity contribution in [3.63, 3.8) is 0 Å². The van der Waals surface area contributed by atoms with Crippen LogP contribution in [-0.4, -0.2) is 19.0 Å². The van der Waals surface area contributed by atoms with Crippen molar-refractivity contribution in [2.75, 3.05) is 13.3 Å². The summed E-state index contributed by atoms with van der Waals surface area (Å²) in [5.74, 6) is -0.462. The Morgan fingerprint density at radius 3 is 2.39 bits per heavy atom. The van der Waals surface area contributed by atoms with Crippen LogP contribution in [-0.2, 0) is 6.42 Å². The predicted octanol–water partition coefficient (Wildman–Crippen LogP) is 8.44. The average molecular weight is 464 g/mol. The SMILES string of the molecule is CCC/C(C)=C(Cc1ccc(SC)c(F)c1)/C(=N\C)c1ccc(F)c(-c2cccc(C)c2)c1. The standard InChI is InChI=1S/C29H31F2NS/c1-6-8-20(3)24(16-21-11-14-28(33-5)27(31)17-21)29(32-4)23-12-13-26(30)25(18-23)22-10-7-9-19(2)15-22/h7,9-15,17-18H,6,8,16H2,1-5H3/b24-20+,32-29-. The normalized spacial score (nSPS) is 12.6. The fourth-order valence-electron chi connectivity index (χ4n) is 4.13. The van der Waals surface area contributed by atoms with Gasteiger partial charge in [0.15, 0.2) is 0 Å². The molecule has 0 aliphatic heterocycles. The molecule has 0 saturated heterocycles. The Morgan fingerprint density at radius 2 is 1.76 bits per heavy atom. The number of aryl methyl sites for hydroxylation is 1. The minimum atomic E-state index is -0.259. The number of rotatable bonds is 8. The van der Waals surface area contributed by atoms with Crippen LogP contribution in [0.15, 0.2) is 81.7 Å². The third-order valence-corrected chi connectivity index (χ3v) is 6.59. The van der Waals surface area contributed by atoms with Crippen molar-refractivity contribution in [3.8, 4) is 11.1 Å². The van der Waals surface area contributed by atoms with Crippen molar-refractivity contribution >= 4 is 17.5 Å². The van der Waals surface area contributed by atoms with E-state index < -0.39 is 0 Å². The molecule has 0 saturated carbocycles. The van der Waals surface area contributed by atoms with Crippen LogP contribution in [0.5, 0.6) is 0 Å². The number of benzene rings is 3. The highest BCUT2D eigenvalue weighted by molar-refractivity contribution is 7.98. The summed E-state index contributed by atoms with van der Waals surface area (Å²) in [5.41, 5.74) is 7.35. The van der Waals surface area contributed by atoms with Gasteiger partial charge in [0, 0.05) is 23.1 Å². The van der Waals surface area contributed by atoms with Crippen LogP contribution in [0.2, 0.25) is 0 Å². The lowest BCUT2D eigenvalue weighted by atomic mass is 9.89. The second-order valence-corrected chi connectivity index (χ2v) is 9.14. The van der Waals surface area contributed by atoms with Crippen molar-refractivity contribution in [1.29, 1.82) is 0 Å². The molecule has 172 valence electrons. The molecule has 0 bridgehead atoms. The largest absolute Gasteiger partial charge is 0.288 e. The molecule has 0 spiro atoms.